The first-order valence-electron chi connectivity index (χ1n) is 17.8. The zero-order chi connectivity index (χ0) is 35.6. The molecule has 0 aliphatic carbocycles. The van der Waals surface area contributed by atoms with Crippen LogP contribution in [0, 0.1) is 0 Å². The molecule has 0 radical (unpaired) electrons. The van der Waals surface area contributed by atoms with E-state index in [4.69, 9.17) is 9.97 Å². The Labute approximate surface area is 303 Å². The van der Waals surface area contributed by atoms with E-state index in [2.05, 4.69) is 156 Å². The molecule has 8 heteroatoms. The minimum atomic E-state index is -0.536. The zero-order valence-corrected chi connectivity index (χ0v) is 29.8. The first-order chi connectivity index (χ1) is 25.2. The molecule has 6 aliphatic heterocycles. The molecule has 9 rings (SSSR count). The van der Waals surface area contributed by atoms with Gasteiger partial charge in [-0.15, -0.1) is 0 Å². The topological polar surface area (TPSA) is 105 Å². The molecule has 0 fully saturated rings. The molecular formula is C44H42N8. The molecular weight excluding hydrogens is 641 g/mol. The van der Waals surface area contributed by atoms with Crippen LogP contribution in [0.2, 0.25) is 0 Å². The highest BCUT2D eigenvalue weighted by molar-refractivity contribution is 5.86. The van der Waals surface area contributed by atoms with E-state index in [1.54, 1.807) is 0 Å². The highest BCUT2D eigenvalue weighted by Crippen LogP contribution is 2.40. The Balaban J connectivity index is 1.46. The summed E-state index contributed by atoms with van der Waals surface area (Å²) in [5.41, 5.74) is 9.47. The molecule has 4 atom stereocenters. The molecule has 8 bridgehead atoms. The second-order valence-corrected chi connectivity index (χ2v) is 14.8. The number of nitrogens with one attached hydrogen (secondary N) is 6. The molecule has 0 aromatic carbocycles. The average molecular weight is 683 g/mol. The molecule has 8 nitrogen and oxygen atoms in total. The summed E-state index contributed by atoms with van der Waals surface area (Å²) in [5.74, 6) is 0. The van der Waals surface area contributed by atoms with E-state index in [1.165, 1.54) is 0 Å². The van der Waals surface area contributed by atoms with Crippen molar-refractivity contribution in [1.82, 2.24) is 41.2 Å². The number of nitrogens with zero attached hydrogens (tertiary/aromatic N) is 2. The van der Waals surface area contributed by atoms with Gasteiger partial charge in [0.05, 0.1) is 44.9 Å². The van der Waals surface area contributed by atoms with Crippen molar-refractivity contribution in [3.05, 3.63) is 167 Å². The zero-order valence-electron chi connectivity index (χ0n) is 29.8. The van der Waals surface area contributed by atoms with E-state index in [0.717, 1.165) is 67.1 Å². The number of dihydropyridines is 4. The first kappa shape index (κ1) is 31.7. The molecule has 258 valence electrons. The number of fused-ring (bicyclic) bond motifs is 8. The molecule has 3 aromatic rings. The van der Waals surface area contributed by atoms with Crippen molar-refractivity contribution in [3.63, 3.8) is 0 Å². The van der Waals surface area contributed by atoms with Gasteiger partial charge in [-0.2, -0.15) is 0 Å². The van der Waals surface area contributed by atoms with Crippen LogP contribution in [0.25, 0.3) is 46.4 Å². The summed E-state index contributed by atoms with van der Waals surface area (Å²) < 4.78 is 0. The maximum Gasteiger partial charge on any atom is 0.0820 e. The van der Waals surface area contributed by atoms with Crippen LogP contribution in [0.5, 0.6) is 0 Å². The van der Waals surface area contributed by atoms with Gasteiger partial charge in [-0.3, -0.25) is 0 Å². The van der Waals surface area contributed by atoms with Crippen LogP contribution in [0.15, 0.2) is 122 Å². The fraction of sp³-hybridized carbons (Fsp3) is 0.182. The lowest BCUT2D eigenvalue weighted by molar-refractivity contribution is 0.521. The third-order valence-electron chi connectivity index (χ3n) is 10.9. The molecule has 0 saturated carbocycles. The number of rotatable bonds is 4. The third-order valence-corrected chi connectivity index (χ3v) is 10.9. The molecule has 0 amide bonds. The standard InChI is InChI=1S/C44H42N8/c1-41(21-5-9-25-45-41)37-29-13-15-31(49-29)38(42(2)22-6-10-26-46-42)33-17-19-35(51-33)40(44(4)24-8-12-28-48-44)36-20-18-34(52-36)39(32-16-14-30(37)50-32)43(3)23-7-11-27-47-43/h5-28,45-49,52H,1-4H3. The monoisotopic (exact) mass is 682 g/mol. The van der Waals surface area contributed by atoms with E-state index in [0.29, 0.717) is 0 Å². The van der Waals surface area contributed by atoms with Gasteiger partial charge in [-0.1, -0.05) is 48.6 Å². The maximum absolute atomic E-state index is 5.47. The van der Waals surface area contributed by atoms with Crippen molar-refractivity contribution < 1.29 is 0 Å². The van der Waals surface area contributed by atoms with Crippen LogP contribution < -0.4 is 21.3 Å². The van der Waals surface area contributed by atoms with Gasteiger partial charge in [-0.05, 0) is 125 Å². The first-order valence-corrected chi connectivity index (χ1v) is 17.8. The van der Waals surface area contributed by atoms with E-state index in [9.17, 15) is 0 Å². The van der Waals surface area contributed by atoms with Gasteiger partial charge in [-0.25, -0.2) is 9.97 Å². The van der Waals surface area contributed by atoms with Crippen molar-refractivity contribution in [2.45, 2.75) is 49.9 Å². The summed E-state index contributed by atoms with van der Waals surface area (Å²) in [5, 5.41) is 14.6. The van der Waals surface area contributed by atoms with Crippen LogP contribution in [-0.2, 0) is 22.2 Å². The van der Waals surface area contributed by atoms with Crippen molar-refractivity contribution >= 4 is 46.4 Å². The van der Waals surface area contributed by atoms with E-state index in [-0.39, 0.29) is 0 Å². The Hall–Kier alpha value is -6.28. The highest BCUT2D eigenvalue weighted by atomic mass is 15.0. The summed E-state index contributed by atoms with van der Waals surface area (Å²) in [6.45, 7) is 8.79. The third kappa shape index (κ3) is 5.05. The van der Waals surface area contributed by atoms with Gasteiger partial charge in [0.15, 0.2) is 0 Å². The molecule has 3 aromatic heterocycles. The van der Waals surface area contributed by atoms with Crippen molar-refractivity contribution in [2.75, 3.05) is 0 Å². The van der Waals surface area contributed by atoms with Gasteiger partial charge in [0.1, 0.15) is 0 Å². The Kier molecular flexibility index (Phi) is 7.09. The molecule has 0 saturated heterocycles. The number of allylic oxidation sites excluding steroid dienone is 8. The van der Waals surface area contributed by atoms with Gasteiger partial charge in [0.25, 0.3) is 0 Å². The predicted octanol–water partition coefficient (Wildman–Crippen LogP) is 8.21. The van der Waals surface area contributed by atoms with Crippen LogP contribution in [0.1, 0.15) is 72.7 Å². The average Bonchev–Trinajstić information content (AvgIpc) is 3.97. The molecule has 4 unspecified atom stereocenters. The van der Waals surface area contributed by atoms with E-state index < -0.39 is 22.2 Å². The summed E-state index contributed by atoms with van der Waals surface area (Å²) in [4.78, 5) is 18.7. The lowest BCUT2D eigenvalue weighted by atomic mass is 9.88. The summed E-state index contributed by atoms with van der Waals surface area (Å²) in [6, 6.07) is 8.69. The van der Waals surface area contributed by atoms with Gasteiger partial charge >= 0.3 is 0 Å². The lowest BCUT2D eigenvalue weighted by Gasteiger charge is -2.31. The fourth-order valence-electron chi connectivity index (χ4n) is 8.30. The Bertz CT molecular complexity index is 2160. The minimum absolute atomic E-state index is 0.536. The molecule has 52 heavy (non-hydrogen) atoms. The minimum Gasteiger partial charge on any atom is -0.378 e. The second kappa shape index (κ2) is 11.6. The molecule has 6 aliphatic rings. The van der Waals surface area contributed by atoms with Crippen LogP contribution >= 0.6 is 0 Å². The highest BCUT2D eigenvalue weighted by Gasteiger charge is 2.35. The van der Waals surface area contributed by atoms with Crippen molar-refractivity contribution in [3.8, 4) is 0 Å². The number of hydrogen-bond acceptors (Lipinski definition) is 6. The Morgan fingerprint density at radius 3 is 0.827 bits per heavy atom. The molecule has 0 spiro atoms. The van der Waals surface area contributed by atoms with Gasteiger partial charge in [0.2, 0.25) is 0 Å². The summed E-state index contributed by atoms with van der Waals surface area (Å²) >= 11 is 0. The SMILES string of the molecule is CC1(c2c3nc(c(C4(C)C=CC=CN4)c4ccc([nH]4)c(C4(C)C=CC=CN4)c4nc(c(C5(C)C=CC=CN5)c5ccc2[nH]5)C=C4)C=C3)C=CC=CN1. The maximum atomic E-state index is 5.47. The smallest absolute Gasteiger partial charge is 0.0820 e. The van der Waals surface area contributed by atoms with Crippen LogP contribution in [0.3, 0.4) is 0 Å². The normalized spacial score (nSPS) is 27.8. The largest absolute Gasteiger partial charge is 0.378 e. The predicted molar refractivity (Wildman–Crippen MR) is 214 cm³/mol. The van der Waals surface area contributed by atoms with E-state index >= 15 is 0 Å². The Morgan fingerprint density at radius 2 is 0.615 bits per heavy atom. The summed E-state index contributed by atoms with van der Waals surface area (Å²) in [7, 11) is 0. The van der Waals surface area contributed by atoms with Crippen LogP contribution in [-0.4, -0.2) is 19.9 Å². The number of H-pyrrole nitrogens is 2. The van der Waals surface area contributed by atoms with Gasteiger partial charge in [0, 0.05) is 44.3 Å². The quantitative estimate of drug-likeness (QED) is 0.114. The van der Waals surface area contributed by atoms with E-state index in [1.807, 2.05) is 49.1 Å². The van der Waals surface area contributed by atoms with Gasteiger partial charge < -0.3 is 31.2 Å². The fourth-order valence-corrected chi connectivity index (χ4v) is 8.30. The second-order valence-electron chi connectivity index (χ2n) is 14.8. The Morgan fingerprint density at radius 1 is 0.365 bits per heavy atom. The molecule has 9 heterocycles. The van der Waals surface area contributed by atoms with Crippen LogP contribution in [0.4, 0.5) is 0 Å². The molecule has 6 N–H and O–H groups in total. The number of hydrogen-bond donors (Lipinski definition) is 6. The summed E-state index contributed by atoms with van der Waals surface area (Å²) in [6.07, 6.45) is 41.8. The number of aromatic amines is 2. The number of aromatic nitrogens is 4. The lowest BCUT2D eigenvalue weighted by Crippen LogP contribution is -2.37. The van der Waals surface area contributed by atoms with Crippen molar-refractivity contribution in [1.29, 1.82) is 0 Å². The van der Waals surface area contributed by atoms with Crippen molar-refractivity contribution in [2.24, 2.45) is 0 Å².